The quantitative estimate of drug-likeness (QED) is 0.725. The van der Waals surface area contributed by atoms with Crippen molar-refractivity contribution in [2.75, 3.05) is 26.1 Å². The number of carbonyl (C=O) groups is 2. The number of anilines is 1. The number of methoxy groups -OCH3 is 2. The van der Waals surface area contributed by atoms with Gasteiger partial charge >= 0.3 is 5.97 Å². The fraction of sp³-hybridized carbons (Fsp3) is 0.333. The van der Waals surface area contributed by atoms with Gasteiger partial charge in [0.25, 0.3) is 0 Å². The predicted octanol–water partition coefficient (Wildman–Crippen LogP) is 3.08. The van der Waals surface area contributed by atoms with E-state index in [-0.39, 0.29) is 5.91 Å². The first kappa shape index (κ1) is 18.9. The summed E-state index contributed by atoms with van der Waals surface area (Å²) >= 11 is 0. The second-order valence-electron chi connectivity index (χ2n) is 6.57. The molecule has 0 radical (unpaired) electrons. The van der Waals surface area contributed by atoms with Crippen molar-refractivity contribution in [3.05, 3.63) is 59.7 Å². The molecule has 1 amide bonds. The van der Waals surface area contributed by atoms with Crippen LogP contribution >= 0.6 is 0 Å². The fourth-order valence-corrected chi connectivity index (χ4v) is 3.00. The fourth-order valence-electron chi connectivity index (χ4n) is 3.00. The third-order valence-corrected chi connectivity index (χ3v) is 4.57. The van der Waals surface area contributed by atoms with Gasteiger partial charge in [-0.3, -0.25) is 9.69 Å². The molecule has 0 saturated heterocycles. The highest BCUT2D eigenvalue weighted by atomic mass is 16.5. The average molecular weight is 368 g/mol. The third-order valence-electron chi connectivity index (χ3n) is 4.57. The number of benzene rings is 2. The second kappa shape index (κ2) is 8.68. The van der Waals surface area contributed by atoms with E-state index >= 15 is 0 Å². The molecule has 0 heterocycles. The summed E-state index contributed by atoms with van der Waals surface area (Å²) in [6.45, 7) is 0.977. The van der Waals surface area contributed by atoms with Gasteiger partial charge in [0.15, 0.2) is 0 Å². The number of hydrogen-bond acceptors (Lipinski definition) is 5. The molecule has 142 valence electrons. The molecule has 27 heavy (non-hydrogen) atoms. The first-order chi connectivity index (χ1) is 13.1. The van der Waals surface area contributed by atoms with Gasteiger partial charge < -0.3 is 14.8 Å². The van der Waals surface area contributed by atoms with E-state index in [1.165, 1.54) is 7.11 Å². The molecule has 0 aliphatic heterocycles. The molecule has 6 nitrogen and oxygen atoms in total. The highest BCUT2D eigenvalue weighted by Gasteiger charge is 2.30. The van der Waals surface area contributed by atoms with Crippen LogP contribution in [0, 0.1) is 0 Å². The molecule has 1 aliphatic rings. The molecule has 2 aromatic carbocycles. The zero-order valence-electron chi connectivity index (χ0n) is 15.6. The lowest BCUT2D eigenvalue weighted by Gasteiger charge is -2.22. The summed E-state index contributed by atoms with van der Waals surface area (Å²) in [7, 11) is 3.00. The maximum atomic E-state index is 12.5. The van der Waals surface area contributed by atoms with Crippen LogP contribution in [0.4, 0.5) is 5.69 Å². The zero-order chi connectivity index (χ0) is 19.2. The van der Waals surface area contributed by atoms with E-state index < -0.39 is 5.97 Å². The van der Waals surface area contributed by atoms with Crippen LogP contribution < -0.4 is 10.1 Å². The molecule has 0 spiro atoms. The van der Waals surface area contributed by atoms with Gasteiger partial charge in [0, 0.05) is 23.8 Å². The Bertz CT molecular complexity index is 800. The molecule has 2 aromatic rings. The molecule has 0 unspecified atom stereocenters. The summed E-state index contributed by atoms with van der Waals surface area (Å²) in [5.41, 5.74) is 2.18. The van der Waals surface area contributed by atoms with Crippen LogP contribution in [0.3, 0.4) is 0 Å². The number of rotatable bonds is 8. The van der Waals surface area contributed by atoms with Gasteiger partial charge in [-0.15, -0.1) is 0 Å². The molecular weight excluding hydrogens is 344 g/mol. The zero-order valence-corrected chi connectivity index (χ0v) is 15.6. The lowest BCUT2D eigenvalue weighted by molar-refractivity contribution is -0.117. The number of nitrogens with one attached hydrogen (secondary N) is 1. The van der Waals surface area contributed by atoms with Gasteiger partial charge in [0.2, 0.25) is 5.91 Å². The maximum absolute atomic E-state index is 12.5. The van der Waals surface area contributed by atoms with Gasteiger partial charge in [-0.25, -0.2) is 4.79 Å². The number of carbonyl (C=O) groups excluding carboxylic acids is 2. The van der Waals surface area contributed by atoms with Crippen molar-refractivity contribution >= 4 is 17.6 Å². The predicted molar refractivity (Wildman–Crippen MR) is 103 cm³/mol. The van der Waals surface area contributed by atoms with Crippen molar-refractivity contribution in [2.45, 2.75) is 25.4 Å². The Morgan fingerprint density at radius 3 is 2.41 bits per heavy atom. The van der Waals surface area contributed by atoms with Crippen molar-refractivity contribution in [3.63, 3.8) is 0 Å². The first-order valence-corrected chi connectivity index (χ1v) is 8.95. The van der Waals surface area contributed by atoms with E-state index in [2.05, 4.69) is 15.0 Å². The van der Waals surface area contributed by atoms with Crippen molar-refractivity contribution in [2.24, 2.45) is 0 Å². The van der Waals surface area contributed by atoms with Crippen LogP contribution in [0.1, 0.15) is 28.8 Å². The van der Waals surface area contributed by atoms with Gasteiger partial charge in [0.05, 0.1) is 26.3 Å². The van der Waals surface area contributed by atoms with Gasteiger partial charge in [0.1, 0.15) is 5.75 Å². The van der Waals surface area contributed by atoms with Gasteiger partial charge in [-0.05, 0) is 43.2 Å². The molecule has 3 rings (SSSR count). The van der Waals surface area contributed by atoms with E-state index in [1.807, 2.05) is 24.3 Å². The molecule has 0 bridgehead atoms. The van der Waals surface area contributed by atoms with Crippen molar-refractivity contribution in [1.82, 2.24) is 4.90 Å². The SMILES string of the molecule is COC(=O)c1ccc(NC(=O)CN(Cc2ccccc2OC)C2CC2)cc1. The summed E-state index contributed by atoms with van der Waals surface area (Å²) in [6, 6.07) is 15.0. The number of esters is 1. The molecule has 1 saturated carbocycles. The van der Waals surface area contributed by atoms with Gasteiger partial charge in [-0.1, -0.05) is 18.2 Å². The topological polar surface area (TPSA) is 67.9 Å². The maximum Gasteiger partial charge on any atom is 0.337 e. The van der Waals surface area contributed by atoms with E-state index in [0.717, 1.165) is 24.2 Å². The molecule has 0 atom stereocenters. The van der Waals surface area contributed by atoms with E-state index in [4.69, 9.17) is 4.74 Å². The minimum Gasteiger partial charge on any atom is -0.496 e. The minimum atomic E-state index is -0.399. The van der Waals surface area contributed by atoms with Crippen LogP contribution in [0.15, 0.2) is 48.5 Å². The largest absolute Gasteiger partial charge is 0.496 e. The molecule has 1 fully saturated rings. The van der Waals surface area contributed by atoms with Crippen LogP contribution in [0.5, 0.6) is 5.75 Å². The Labute approximate surface area is 159 Å². The highest BCUT2D eigenvalue weighted by Crippen LogP contribution is 2.30. The van der Waals surface area contributed by atoms with Crippen molar-refractivity contribution < 1.29 is 19.1 Å². The Morgan fingerprint density at radius 2 is 1.78 bits per heavy atom. The molecule has 0 aromatic heterocycles. The summed E-state index contributed by atoms with van der Waals surface area (Å²) in [4.78, 5) is 26.1. The minimum absolute atomic E-state index is 0.0809. The number of hydrogen-bond donors (Lipinski definition) is 1. The summed E-state index contributed by atoms with van der Waals surface area (Å²) in [6.07, 6.45) is 2.21. The Hall–Kier alpha value is -2.86. The standard InChI is InChI=1S/C21H24N2O4/c1-26-19-6-4-3-5-16(19)13-23(18-11-12-18)14-20(24)22-17-9-7-15(8-10-17)21(25)27-2/h3-10,18H,11-14H2,1-2H3,(H,22,24). The van der Waals surface area contributed by atoms with Crippen LogP contribution in [-0.4, -0.2) is 43.6 Å². The summed E-state index contributed by atoms with van der Waals surface area (Å²) in [5.74, 6) is 0.356. The number of nitrogens with zero attached hydrogens (tertiary/aromatic N) is 1. The second-order valence-corrected chi connectivity index (χ2v) is 6.57. The van der Waals surface area contributed by atoms with Crippen LogP contribution in [0.2, 0.25) is 0 Å². The van der Waals surface area contributed by atoms with E-state index in [0.29, 0.717) is 30.4 Å². The lowest BCUT2D eigenvalue weighted by Crippen LogP contribution is -2.34. The Balaban J connectivity index is 1.61. The molecule has 6 heteroatoms. The van der Waals surface area contributed by atoms with Crippen LogP contribution in [0.25, 0.3) is 0 Å². The lowest BCUT2D eigenvalue weighted by atomic mass is 10.2. The Morgan fingerprint density at radius 1 is 1.07 bits per heavy atom. The monoisotopic (exact) mass is 368 g/mol. The Kier molecular flexibility index (Phi) is 6.08. The van der Waals surface area contributed by atoms with Crippen molar-refractivity contribution in [3.8, 4) is 5.75 Å². The summed E-state index contributed by atoms with van der Waals surface area (Å²) in [5, 5.41) is 2.89. The van der Waals surface area contributed by atoms with Crippen molar-refractivity contribution in [1.29, 1.82) is 0 Å². The highest BCUT2D eigenvalue weighted by molar-refractivity contribution is 5.94. The van der Waals surface area contributed by atoms with E-state index in [1.54, 1.807) is 31.4 Å². The number of para-hydroxylation sites is 1. The van der Waals surface area contributed by atoms with Gasteiger partial charge in [-0.2, -0.15) is 0 Å². The first-order valence-electron chi connectivity index (χ1n) is 8.95. The molecular formula is C21H24N2O4. The molecule has 1 aliphatic carbocycles. The third kappa shape index (κ3) is 5.08. The van der Waals surface area contributed by atoms with Crippen LogP contribution in [-0.2, 0) is 16.1 Å². The average Bonchev–Trinajstić information content (AvgIpc) is 3.53. The smallest absolute Gasteiger partial charge is 0.337 e. The molecule has 1 N–H and O–H groups in total. The normalized spacial score (nSPS) is 13.3. The number of ether oxygens (including phenoxy) is 2. The van der Waals surface area contributed by atoms with E-state index in [9.17, 15) is 9.59 Å². The number of amides is 1. The summed E-state index contributed by atoms with van der Waals surface area (Å²) < 4.78 is 10.1.